The summed E-state index contributed by atoms with van der Waals surface area (Å²) in [6, 6.07) is -0.783. The molecule has 0 aromatic rings. The maximum absolute atomic E-state index is 12.8. The fourth-order valence-electron chi connectivity index (χ4n) is 2.78. The van der Waals surface area contributed by atoms with Crippen LogP contribution >= 0.6 is 0 Å². The molecule has 12 nitrogen and oxygen atoms in total. The van der Waals surface area contributed by atoms with Crippen molar-refractivity contribution >= 4 is 23.8 Å². The maximum atomic E-state index is 12.8. The lowest BCUT2D eigenvalue weighted by atomic mass is 9.90. The van der Waals surface area contributed by atoms with Crippen molar-refractivity contribution in [2.75, 3.05) is 53.6 Å². The van der Waals surface area contributed by atoms with Gasteiger partial charge in [0.1, 0.15) is 5.60 Å². The number of rotatable bonds is 10. The van der Waals surface area contributed by atoms with E-state index in [1.54, 1.807) is 13.8 Å². The molecular formula is C19H32N4O8. The number of hydroxylamine groups is 2. The molecule has 12 heteroatoms. The van der Waals surface area contributed by atoms with Crippen LogP contribution in [0.15, 0.2) is 11.8 Å². The Kier molecular flexibility index (Phi) is 10.9. The zero-order chi connectivity index (χ0) is 23.4. The molecule has 1 saturated heterocycles. The molecule has 0 aromatic carbocycles. The van der Waals surface area contributed by atoms with Crippen LogP contribution in [0, 0.1) is 5.41 Å². The van der Waals surface area contributed by atoms with E-state index in [2.05, 4.69) is 5.32 Å². The predicted molar refractivity (Wildman–Crippen MR) is 109 cm³/mol. The second-order valence-electron chi connectivity index (χ2n) is 6.71. The molecule has 176 valence electrons. The molecule has 31 heavy (non-hydrogen) atoms. The number of carbonyl (C=O) groups excluding carboxylic acids is 3. The Balaban J connectivity index is 3.34. The van der Waals surface area contributed by atoms with Gasteiger partial charge in [0.05, 0.1) is 32.5 Å². The van der Waals surface area contributed by atoms with E-state index in [-0.39, 0.29) is 32.3 Å². The lowest BCUT2D eigenvalue weighted by Gasteiger charge is -2.40. The summed E-state index contributed by atoms with van der Waals surface area (Å²) in [7, 11) is 2.88. The number of hydrogen-bond acceptors (Lipinski definition) is 10. The normalized spacial score (nSPS) is 15.6. The number of ether oxygens (including phenoxy) is 3. The number of nitrogens with one attached hydrogen (secondary N) is 2. The second-order valence-corrected chi connectivity index (χ2v) is 6.71. The first kappa shape index (κ1) is 26.3. The third-order valence-electron chi connectivity index (χ3n) is 4.27. The fraction of sp³-hybridized carbons (Fsp3) is 0.684. The average Bonchev–Trinajstić information content (AvgIpc) is 2.75. The number of carbonyl (C=O) groups is 3. The molecule has 1 heterocycles. The third kappa shape index (κ3) is 7.49. The smallest absolute Gasteiger partial charge is 0.377 e. The van der Waals surface area contributed by atoms with E-state index in [1.807, 2.05) is 0 Å². The number of amides is 2. The van der Waals surface area contributed by atoms with Crippen LogP contribution < -0.4 is 5.32 Å². The topological polar surface area (TPSA) is 151 Å². The van der Waals surface area contributed by atoms with E-state index in [1.165, 1.54) is 14.1 Å². The van der Waals surface area contributed by atoms with Crippen molar-refractivity contribution in [1.82, 2.24) is 15.3 Å². The molecule has 1 aliphatic rings. The number of esters is 2. The number of hydrogen-bond donors (Lipinski definition) is 3. The quantitative estimate of drug-likeness (QED) is 0.106. The summed E-state index contributed by atoms with van der Waals surface area (Å²) in [5.41, 5.74) is -1.25. The van der Waals surface area contributed by atoms with Gasteiger partial charge in [0.25, 0.3) is 0 Å². The van der Waals surface area contributed by atoms with E-state index >= 15 is 0 Å². The lowest BCUT2D eigenvalue weighted by molar-refractivity contribution is -0.151. The number of aliphatic hydroxyl groups excluding tert-OH is 1. The molecule has 0 radical (unpaired) electrons. The minimum absolute atomic E-state index is 0.00332. The third-order valence-corrected chi connectivity index (χ3v) is 4.27. The lowest BCUT2D eigenvalue weighted by Crippen LogP contribution is -2.58. The second kappa shape index (κ2) is 12.9. The van der Waals surface area contributed by atoms with Gasteiger partial charge < -0.3 is 34.4 Å². The van der Waals surface area contributed by atoms with Crippen molar-refractivity contribution in [3.8, 4) is 0 Å². The molecule has 2 amide bonds. The molecule has 0 bridgehead atoms. The molecule has 0 unspecified atom stereocenters. The van der Waals surface area contributed by atoms with Gasteiger partial charge in [-0.2, -0.15) is 0 Å². The Morgan fingerprint density at radius 3 is 2.26 bits per heavy atom. The Bertz CT molecular complexity index is 674. The number of amidine groups is 1. The van der Waals surface area contributed by atoms with Gasteiger partial charge in [-0.3, -0.25) is 5.41 Å². The van der Waals surface area contributed by atoms with E-state index < -0.39 is 29.3 Å². The van der Waals surface area contributed by atoms with Gasteiger partial charge in [-0.1, -0.05) is 0 Å². The van der Waals surface area contributed by atoms with Crippen molar-refractivity contribution in [2.45, 2.75) is 32.3 Å². The largest absolute Gasteiger partial charge is 0.463 e. The molecule has 1 aliphatic heterocycles. The maximum Gasteiger partial charge on any atom is 0.377 e. The van der Waals surface area contributed by atoms with Crippen molar-refractivity contribution in [2.24, 2.45) is 0 Å². The van der Waals surface area contributed by atoms with E-state index in [9.17, 15) is 19.5 Å². The SMILES string of the molecule is CCOC(=O)C=C(ON(C(=N)C1(OCCO)CCNCC1)C(=O)N(C)C)C(=O)OCC. The summed E-state index contributed by atoms with van der Waals surface area (Å²) in [5.74, 6) is -2.87. The van der Waals surface area contributed by atoms with Gasteiger partial charge in [0, 0.05) is 14.1 Å². The molecule has 0 saturated carbocycles. The van der Waals surface area contributed by atoms with Crippen molar-refractivity contribution < 1.29 is 38.5 Å². The Hall–Kier alpha value is -2.70. The molecule has 0 aliphatic carbocycles. The number of nitrogens with zero attached hydrogens (tertiary/aromatic N) is 2. The molecule has 1 fully saturated rings. The van der Waals surface area contributed by atoms with Crippen LogP contribution in [-0.2, 0) is 28.6 Å². The molecule has 0 aromatic heterocycles. The van der Waals surface area contributed by atoms with Crippen LogP contribution in [0.3, 0.4) is 0 Å². The first-order valence-electron chi connectivity index (χ1n) is 10.0. The highest BCUT2D eigenvalue weighted by molar-refractivity contribution is 6.00. The van der Waals surface area contributed by atoms with Gasteiger partial charge in [-0.25, -0.2) is 14.4 Å². The predicted octanol–water partition coefficient (Wildman–Crippen LogP) is 0.0201. The van der Waals surface area contributed by atoms with Gasteiger partial charge in [0.15, 0.2) is 5.84 Å². The number of piperidine rings is 1. The minimum Gasteiger partial charge on any atom is -0.463 e. The molecule has 3 N–H and O–H groups in total. The Morgan fingerprint density at radius 1 is 1.13 bits per heavy atom. The molecule has 0 spiro atoms. The summed E-state index contributed by atoms with van der Waals surface area (Å²) in [5, 5.41) is 21.6. The number of urea groups is 1. The molecule has 1 rings (SSSR count). The van der Waals surface area contributed by atoms with Crippen molar-refractivity contribution in [3.63, 3.8) is 0 Å². The van der Waals surface area contributed by atoms with Crippen molar-refractivity contribution in [1.29, 1.82) is 5.41 Å². The summed E-state index contributed by atoms with van der Waals surface area (Å²) in [6.07, 6.45) is 1.40. The zero-order valence-corrected chi connectivity index (χ0v) is 18.4. The first-order valence-corrected chi connectivity index (χ1v) is 10.0. The fourth-order valence-corrected chi connectivity index (χ4v) is 2.78. The van der Waals surface area contributed by atoms with E-state index in [0.29, 0.717) is 31.0 Å². The molecular weight excluding hydrogens is 412 g/mol. The van der Waals surface area contributed by atoms with Crippen LogP contribution in [0.25, 0.3) is 0 Å². The van der Waals surface area contributed by atoms with Gasteiger partial charge >= 0.3 is 18.0 Å². The monoisotopic (exact) mass is 444 g/mol. The highest BCUT2D eigenvalue weighted by Gasteiger charge is 2.44. The zero-order valence-electron chi connectivity index (χ0n) is 18.4. The van der Waals surface area contributed by atoms with Gasteiger partial charge in [0.2, 0.25) is 5.76 Å². The summed E-state index contributed by atoms with van der Waals surface area (Å²) in [4.78, 5) is 43.7. The van der Waals surface area contributed by atoms with Gasteiger partial charge in [-0.15, -0.1) is 5.06 Å². The standard InChI is InChI=1S/C19H32N4O8/c1-5-28-15(25)13-14(16(26)29-6-2)31-23(18(27)22(3)4)17(20)19(30-12-11-24)7-9-21-10-8-19/h13,20-21,24H,5-12H2,1-4H3. The van der Waals surface area contributed by atoms with Crippen LogP contribution in [-0.4, -0.2) is 98.1 Å². The van der Waals surface area contributed by atoms with Crippen LogP contribution in [0.5, 0.6) is 0 Å². The minimum atomic E-state index is -1.25. The highest BCUT2D eigenvalue weighted by atomic mass is 16.7. The van der Waals surface area contributed by atoms with E-state index in [0.717, 1.165) is 11.0 Å². The van der Waals surface area contributed by atoms with E-state index in [4.69, 9.17) is 24.5 Å². The molecule has 0 atom stereocenters. The Labute approximate surface area is 181 Å². The summed E-state index contributed by atoms with van der Waals surface area (Å²) < 4.78 is 15.5. The van der Waals surface area contributed by atoms with Gasteiger partial charge in [-0.05, 0) is 39.8 Å². The Morgan fingerprint density at radius 2 is 1.74 bits per heavy atom. The number of aliphatic hydroxyl groups is 1. The first-order chi connectivity index (χ1) is 14.7. The summed E-state index contributed by atoms with van der Waals surface area (Å²) >= 11 is 0. The average molecular weight is 444 g/mol. The highest BCUT2D eigenvalue weighted by Crippen LogP contribution is 2.28. The van der Waals surface area contributed by atoms with Crippen molar-refractivity contribution in [3.05, 3.63) is 11.8 Å². The van der Waals surface area contributed by atoms with Crippen LogP contribution in [0.4, 0.5) is 4.79 Å². The van der Waals surface area contributed by atoms with Crippen LogP contribution in [0.1, 0.15) is 26.7 Å². The van der Waals surface area contributed by atoms with Crippen LogP contribution in [0.2, 0.25) is 0 Å². The summed E-state index contributed by atoms with van der Waals surface area (Å²) in [6.45, 7) is 3.88.